The first-order chi connectivity index (χ1) is 9.69. The number of rotatable bonds is 2. The average molecular weight is 266 g/mol. The zero-order valence-corrected chi connectivity index (χ0v) is 11.2. The average Bonchev–Trinajstić information content (AvgIpc) is 3.05. The first-order valence-corrected chi connectivity index (χ1v) is 6.54. The zero-order chi connectivity index (χ0) is 14.1. The van der Waals surface area contributed by atoms with E-state index in [1.54, 1.807) is 7.05 Å². The fourth-order valence-electron chi connectivity index (χ4n) is 2.56. The van der Waals surface area contributed by atoms with Gasteiger partial charge in [-0.1, -0.05) is 6.07 Å². The Labute approximate surface area is 116 Å². The van der Waals surface area contributed by atoms with Gasteiger partial charge in [0.2, 0.25) is 0 Å². The van der Waals surface area contributed by atoms with Gasteiger partial charge in [0.1, 0.15) is 17.5 Å². The number of amides is 1. The number of carbonyl (C=O) groups excluding carboxylic acids is 1. The fourth-order valence-corrected chi connectivity index (χ4v) is 2.56. The van der Waals surface area contributed by atoms with E-state index in [-0.39, 0.29) is 5.91 Å². The molecule has 0 bridgehead atoms. The summed E-state index contributed by atoms with van der Waals surface area (Å²) in [5.41, 5.74) is 3.57. The molecule has 2 aromatic rings. The molecule has 1 heterocycles. The Kier molecular flexibility index (Phi) is 2.99. The van der Waals surface area contributed by atoms with Crippen LogP contribution in [0.5, 0.6) is 0 Å². The van der Waals surface area contributed by atoms with E-state index in [9.17, 15) is 4.79 Å². The molecule has 3 rings (SSSR count). The number of aryl methyl sites for hydroxylation is 3. The summed E-state index contributed by atoms with van der Waals surface area (Å²) in [5.74, 6) is 0.220. The molecule has 20 heavy (non-hydrogen) atoms. The van der Waals surface area contributed by atoms with Crippen molar-refractivity contribution >= 4 is 11.7 Å². The first kappa shape index (κ1) is 12.4. The van der Waals surface area contributed by atoms with Crippen molar-refractivity contribution in [3.05, 3.63) is 46.6 Å². The molecule has 0 saturated heterocycles. The van der Waals surface area contributed by atoms with Crippen LogP contribution in [0.25, 0.3) is 0 Å². The van der Waals surface area contributed by atoms with Crippen LogP contribution in [0.3, 0.4) is 0 Å². The van der Waals surface area contributed by atoms with Crippen LogP contribution in [0.1, 0.15) is 33.5 Å². The molecule has 0 radical (unpaired) electrons. The molecular weight excluding hydrogens is 252 g/mol. The SMILES string of the molecule is Cn1ncc(C#N)c1NC(=O)c1ccc2c(c1)CCC2. The maximum atomic E-state index is 12.3. The molecule has 0 atom stereocenters. The number of carbonyl (C=O) groups is 1. The van der Waals surface area contributed by atoms with Crippen molar-refractivity contribution in [3.63, 3.8) is 0 Å². The Balaban J connectivity index is 1.87. The molecule has 1 aromatic carbocycles. The number of nitrogens with one attached hydrogen (secondary N) is 1. The summed E-state index contributed by atoms with van der Waals surface area (Å²) < 4.78 is 1.49. The van der Waals surface area contributed by atoms with Crippen LogP contribution in [0, 0.1) is 11.3 Å². The van der Waals surface area contributed by atoms with E-state index in [0.29, 0.717) is 16.9 Å². The smallest absolute Gasteiger partial charge is 0.256 e. The number of fused-ring (bicyclic) bond motifs is 1. The molecular formula is C15H14N4O. The molecule has 0 spiro atoms. The summed E-state index contributed by atoms with van der Waals surface area (Å²) >= 11 is 0. The minimum Gasteiger partial charge on any atom is -0.306 e. The van der Waals surface area contributed by atoms with Crippen LogP contribution in [-0.4, -0.2) is 15.7 Å². The molecule has 0 aliphatic heterocycles. The predicted octanol–water partition coefficient (Wildman–Crippen LogP) is 2.03. The molecule has 5 heteroatoms. The van der Waals surface area contributed by atoms with Gasteiger partial charge in [-0.15, -0.1) is 0 Å². The van der Waals surface area contributed by atoms with Gasteiger partial charge in [-0.25, -0.2) is 0 Å². The largest absolute Gasteiger partial charge is 0.306 e. The lowest BCUT2D eigenvalue weighted by Crippen LogP contribution is -2.15. The van der Waals surface area contributed by atoms with Gasteiger partial charge in [0.15, 0.2) is 0 Å². The lowest BCUT2D eigenvalue weighted by atomic mass is 10.1. The quantitative estimate of drug-likeness (QED) is 0.904. The summed E-state index contributed by atoms with van der Waals surface area (Å²) in [4.78, 5) is 12.3. The molecule has 1 aromatic heterocycles. The second-order valence-corrected chi connectivity index (χ2v) is 4.93. The normalized spacial score (nSPS) is 12.8. The van der Waals surface area contributed by atoms with E-state index < -0.39 is 0 Å². The predicted molar refractivity (Wildman–Crippen MR) is 74.3 cm³/mol. The van der Waals surface area contributed by atoms with E-state index in [1.165, 1.54) is 22.0 Å². The number of nitriles is 1. The van der Waals surface area contributed by atoms with Gasteiger partial charge in [-0.2, -0.15) is 10.4 Å². The lowest BCUT2D eigenvalue weighted by Gasteiger charge is -2.07. The van der Waals surface area contributed by atoms with Gasteiger partial charge in [0.05, 0.1) is 6.20 Å². The summed E-state index contributed by atoms with van der Waals surface area (Å²) in [6.07, 6.45) is 4.72. The van der Waals surface area contributed by atoms with Gasteiger partial charge < -0.3 is 5.32 Å². The standard InChI is InChI=1S/C15H14N4O/c1-19-14(13(8-16)9-17-19)18-15(20)12-6-5-10-3-2-4-11(10)7-12/h5-7,9H,2-4H2,1H3,(H,18,20). The van der Waals surface area contributed by atoms with Gasteiger partial charge in [0.25, 0.3) is 5.91 Å². The third-order valence-electron chi connectivity index (χ3n) is 3.65. The van der Waals surface area contributed by atoms with E-state index in [4.69, 9.17) is 5.26 Å². The minimum absolute atomic E-state index is 0.209. The Morgan fingerprint density at radius 3 is 3.00 bits per heavy atom. The number of hydrogen-bond acceptors (Lipinski definition) is 3. The van der Waals surface area contributed by atoms with E-state index in [0.717, 1.165) is 19.3 Å². The highest BCUT2D eigenvalue weighted by Gasteiger charge is 2.16. The van der Waals surface area contributed by atoms with E-state index >= 15 is 0 Å². The fraction of sp³-hybridized carbons (Fsp3) is 0.267. The van der Waals surface area contributed by atoms with Gasteiger partial charge in [0, 0.05) is 12.6 Å². The van der Waals surface area contributed by atoms with Crippen molar-refractivity contribution in [2.45, 2.75) is 19.3 Å². The number of anilines is 1. The minimum atomic E-state index is -0.209. The Morgan fingerprint density at radius 2 is 2.20 bits per heavy atom. The Hall–Kier alpha value is -2.61. The number of hydrogen-bond donors (Lipinski definition) is 1. The Bertz CT molecular complexity index is 724. The highest BCUT2D eigenvalue weighted by molar-refractivity contribution is 6.04. The summed E-state index contributed by atoms with van der Waals surface area (Å²) in [7, 11) is 1.69. The van der Waals surface area contributed by atoms with E-state index in [2.05, 4.69) is 10.4 Å². The van der Waals surface area contributed by atoms with Gasteiger partial charge in [-0.3, -0.25) is 9.48 Å². The van der Waals surface area contributed by atoms with Crippen LogP contribution in [0.4, 0.5) is 5.82 Å². The molecule has 1 aliphatic rings. The first-order valence-electron chi connectivity index (χ1n) is 6.54. The van der Waals surface area contributed by atoms with Crippen LogP contribution >= 0.6 is 0 Å². The summed E-state index contributed by atoms with van der Waals surface area (Å²) in [5, 5.41) is 15.7. The molecule has 0 saturated carbocycles. The third-order valence-corrected chi connectivity index (χ3v) is 3.65. The van der Waals surface area contributed by atoms with Crippen LogP contribution < -0.4 is 5.32 Å². The molecule has 1 N–H and O–H groups in total. The van der Waals surface area contributed by atoms with Gasteiger partial charge in [-0.05, 0) is 42.5 Å². The molecule has 100 valence electrons. The highest BCUT2D eigenvalue weighted by atomic mass is 16.1. The van der Waals surface area contributed by atoms with Crippen molar-refractivity contribution in [2.75, 3.05) is 5.32 Å². The molecule has 0 unspecified atom stereocenters. The zero-order valence-electron chi connectivity index (χ0n) is 11.2. The van der Waals surface area contributed by atoms with Crippen molar-refractivity contribution in [1.29, 1.82) is 5.26 Å². The van der Waals surface area contributed by atoms with Crippen LogP contribution in [-0.2, 0) is 19.9 Å². The van der Waals surface area contributed by atoms with Crippen molar-refractivity contribution in [1.82, 2.24) is 9.78 Å². The molecule has 5 nitrogen and oxygen atoms in total. The van der Waals surface area contributed by atoms with Gasteiger partial charge >= 0.3 is 0 Å². The monoisotopic (exact) mass is 266 g/mol. The topological polar surface area (TPSA) is 70.7 Å². The second-order valence-electron chi connectivity index (χ2n) is 4.93. The summed E-state index contributed by atoms with van der Waals surface area (Å²) in [6, 6.07) is 7.82. The number of aromatic nitrogens is 2. The summed E-state index contributed by atoms with van der Waals surface area (Å²) in [6.45, 7) is 0. The van der Waals surface area contributed by atoms with Crippen LogP contribution in [0.2, 0.25) is 0 Å². The number of nitrogens with zero attached hydrogens (tertiary/aromatic N) is 3. The maximum absolute atomic E-state index is 12.3. The Morgan fingerprint density at radius 1 is 1.40 bits per heavy atom. The second kappa shape index (κ2) is 4.82. The molecule has 0 fully saturated rings. The lowest BCUT2D eigenvalue weighted by molar-refractivity contribution is 0.102. The van der Waals surface area contributed by atoms with Crippen LogP contribution in [0.15, 0.2) is 24.4 Å². The van der Waals surface area contributed by atoms with E-state index in [1.807, 2.05) is 24.3 Å². The highest BCUT2D eigenvalue weighted by Crippen LogP contribution is 2.23. The maximum Gasteiger partial charge on any atom is 0.256 e. The number of benzene rings is 1. The van der Waals surface area contributed by atoms with Crippen molar-refractivity contribution in [2.24, 2.45) is 7.05 Å². The van der Waals surface area contributed by atoms with Crippen molar-refractivity contribution in [3.8, 4) is 6.07 Å². The van der Waals surface area contributed by atoms with Crippen molar-refractivity contribution < 1.29 is 4.79 Å². The molecule has 1 amide bonds. The third kappa shape index (κ3) is 2.05. The molecule has 1 aliphatic carbocycles.